The summed E-state index contributed by atoms with van der Waals surface area (Å²) in [5, 5.41) is 0.447. The van der Waals surface area contributed by atoms with Gasteiger partial charge in [-0.05, 0) is 18.2 Å². The minimum Gasteiger partial charge on any atom is -0.389 e. The maximum Gasteiger partial charge on any atom is 0.215 e. The normalized spacial score (nSPS) is 13.1. The molecule has 1 atom stereocenters. The third-order valence-electron chi connectivity index (χ3n) is 2.87. The van der Waals surface area contributed by atoms with Crippen LogP contribution < -0.4 is 10.5 Å². The molecule has 112 valence electrons. The first-order chi connectivity index (χ1) is 9.34. The number of thioether (sulfide) groups is 1. The summed E-state index contributed by atoms with van der Waals surface area (Å²) in [5.74, 6) is -0.0295. The van der Waals surface area contributed by atoms with Crippen molar-refractivity contribution in [1.82, 2.24) is 4.72 Å². The Morgan fingerprint density at radius 1 is 1.40 bits per heavy atom. The van der Waals surface area contributed by atoms with Gasteiger partial charge in [0.05, 0.1) is 5.75 Å². The highest BCUT2D eigenvalue weighted by molar-refractivity contribution is 7.99. The van der Waals surface area contributed by atoms with E-state index in [1.54, 1.807) is 36.0 Å². The van der Waals surface area contributed by atoms with Gasteiger partial charge in [0, 0.05) is 17.4 Å². The maximum absolute atomic E-state index is 11.9. The first kappa shape index (κ1) is 17.4. The van der Waals surface area contributed by atoms with Gasteiger partial charge in [-0.3, -0.25) is 0 Å². The molecule has 1 aromatic rings. The standard InChI is InChI=1S/C13H20N2O2S3/c1-10(19-2)7-8-15-20(16,17)9-11-3-5-12(6-4-11)13(14)18/h3-6,10,15H,7-9H2,1-2H3,(H2,14,18). The summed E-state index contributed by atoms with van der Waals surface area (Å²) in [4.78, 5) is 0.309. The SMILES string of the molecule is CSC(C)CCNS(=O)(=O)Cc1ccc(C(N)=S)cc1. The molecule has 0 aliphatic carbocycles. The van der Waals surface area contributed by atoms with E-state index < -0.39 is 10.0 Å². The van der Waals surface area contributed by atoms with Crippen LogP contribution in [0.25, 0.3) is 0 Å². The van der Waals surface area contributed by atoms with Crippen molar-refractivity contribution >= 4 is 39.0 Å². The van der Waals surface area contributed by atoms with Crippen molar-refractivity contribution in [3.63, 3.8) is 0 Å². The van der Waals surface area contributed by atoms with Crippen LogP contribution in [0, 0.1) is 0 Å². The molecule has 0 bridgehead atoms. The lowest BCUT2D eigenvalue weighted by Crippen LogP contribution is -2.27. The molecule has 1 aromatic carbocycles. The van der Waals surface area contributed by atoms with Crippen molar-refractivity contribution in [2.24, 2.45) is 5.73 Å². The summed E-state index contributed by atoms with van der Waals surface area (Å²) < 4.78 is 26.5. The summed E-state index contributed by atoms with van der Waals surface area (Å²) in [6.07, 6.45) is 2.84. The lowest BCUT2D eigenvalue weighted by Gasteiger charge is -2.10. The third kappa shape index (κ3) is 6.21. The zero-order valence-electron chi connectivity index (χ0n) is 11.6. The lowest BCUT2D eigenvalue weighted by molar-refractivity contribution is 0.578. The number of benzene rings is 1. The summed E-state index contributed by atoms with van der Waals surface area (Å²) in [5.41, 5.74) is 6.95. The van der Waals surface area contributed by atoms with E-state index in [1.807, 2.05) is 6.26 Å². The van der Waals surface area contributed by atoms with Gasteiger partial charge in [-0.2, -0.15) is 11.8 Å². The molecule has 3 N–H and O–H groups in total. The molecule has 0 aromatic heterocycles. The molecule has 0 radical (unpaired) electrons. The average molecular weight is 333 g/mol. The molecule has 4 nitrogen and oxygen atoms in total. The second-order valence-corrected chi connectivity index (χ2v) is 8.07. The van der Waals surface area contributed by atoms with E-state index in [4.69, 9.17) is 18.0 Å². The van der Waals surface area contributed by atoms with Crippen LogP contribution in [0.4, 0.5) is 0 Å². The van der Waals surface area contributed by atoms with Crippen molar-refractivity contribution in [3.05, 3.63) is 35.4 Å². The van der Waals surface area contributed by atoms with Crippen LogP contribution in [0.3, 0.4) is 0 Å². The van der Waals surface area contributed by atoms with Gasteiger partial charge in [0.25, 0.3) is 0 Å². The van der Waals surface area contributed by atoms with Crippen LogP contribution >= 0.6 is 24.0 Å². The van der Waals surface area contributed by atoms with Crippen molar-refractivity contribution in [2.45, 2.75) is 24.3 Å². The summed E-state index contributed by atoms with van der Waals surface area (Å²) in [7, 11) is -3.29. The fourth-order valence-corrected chi connectivity index (χ4v) is 3.22. The van der Waals surface area contributed by atoms with E-state index in [0.29, 0.717) is 16.8 Å². The van der Waals surface area contributed by atoms with Gasteiger partial charge < -0.3 is 5.73 Å². The topological polar surface area (TPSA) is 72.2 Å². The number of nitrogens with one attached hydrogen (secondary N) is 1. The molecule has 0 heterocycles. The Morgan fingerprint density at radius 3 is 2.50 bits per heavy atom. The summed E-state index contributed by atoms with van der Waals surface area (Å²) in [6.45, 7) is 2.54. The molecule has 1 unspecified atom stereocenters. The van der Waals surface area contributed by atoms with Gasteiger partial charge >= 0.3 is 0 Å². The molecular weight excluding hydrogens is 312 g/mol. The summed E-state index contributed by atoms with van der Waals surface area (Å²) in [6, 6.07) is 6.95. The predicted molar refractivity (Wildman–Crippen MR) is 90.5 cm³/mol. The van der Waals surface area contributed by atoms with E-state index in [2.05, 4.69) is 11.6 Å². The van der Waals surface area contributed by atoms with E-state index in [1.165, 1.54) is 0 Å². The zero-order valence-corrected chi connectivity index (χ0v) is 14.1. The number of nitrogens with two attached hydrogens (primary N) is 1. The van der Waals surface area contributed by atoms with Crippen LogP contribution in [-0.2, 0) is 15.8 Å². The van der Waals surface area contributed by atoms with Crippen molar-refractivity contribution in [1.29, 1.82) is 0 Å². The number of thiocarbonyl (C=S) groups is 1. The van der Waals surface area contributed by atoms with Gasteiger partial charge in [-0.25, -0.2) is 13.1 Å². The van der Waals surface area contributed by atoms with Gasteiger partial charge in [0.2, 0.25) is 10.0 Å². The predicted octanol–water partition coefficient (Wildman–Crippen LogP) is 1.88. The Kier molecular flexibility index (Phi) is 6.94. The Bertz CT molecular complexity index is 541. The molecule has 0 aliphatic heterocycles. The number of sulfonamides is 1. The van der Waals surface area contributed by atoms with Crippen LogP contribution in [0.1, 0.15) is 24.5 Å². The maximum atomic E-state index is 11.9. The molecule has 0 saturated carbocycles. The van der Waals surface area contributed by atoms with E-state index in [-0.39, 0.29) is 5.75 Å². The molecular formula is C13H20N2O2S3. The van der Waals surface area contributed by atoms with Gasteiger partial charge in [-0.15, -0.1) is 0 Å². The minimum atomic E-state index is -3.29. The molecule has 0 spiro atoms. The smallest absolute Gasteiger partial charge is 0.215 e. The molecule has 1 rings (SSSR count). The number of hydrogen-bond acceptors (Lipinski definition) is 4. The molecule has 0 fully saturated rings. The molecule has 0 aliphatic rings. The second kappa shape index (κ2) is 7.97. The van der Waals surface area contributed by atoms with Crippen LogP contribution in [-0.4, -0.2) is 31.5 Å². The van der Waals surface area contributed by atoms with E-state index in [9.17, 15) is 8.42 Å². The molecule has 0 saturated heterocycles. The quantitative estimate of drug-likeness (QED) is 0.711. The van der Waals surface area contributed by atoms with Gasteiger partial charge in [0.1, 0.15) is 4.99 Å². The van der Waals surface area contributed by atoms with E-state index in [0.717, 1.165) is 17.5 Å². The highest BCUT2D eigenvalue weighted by Gasteiger charge is 2.11. The average Bonchev–Trinajstić information content (AvgIpc) is 2.38. The number of rotatable bonds is 8. The Balaban J connectivity index is 2.55. The fraction of sp³-hybridized carbons (Fsp3) is 0.462. The largest absolute Gasteiger partial charge is 0.389 e. The molecule has 20 heavy (non-hydrogen) atoms. The van der Waals surface area contributed by atoms with Crippen LogP contribution in [0.5, 0.6) is 0 Å². The Hall–Kier alpha value is -0.630. The van der Waals surface area contributed by atoms with Crippen LogP contribution in [0.2, 0.25) is 0 Å². The molecule has 0 amide bonds. The Morgan fingerprint density at radius 2 is 2.00 bits per heavy atom. The first-order valence-electron chi connectivity index (χ1n) is 6.23. The van der Waals surface area contributed by atoms with Crippen molar-refractivity contribution < 1.29 is 8.42 Å². The van der Waals surface area contributed by atoms with Crippen LogP contribution in [0.15, 0.2) is 24.3 Å². The minimum absolute atomic E-state index is 0.0295. The van der Waals surface area contributed by atoms with Crippen molar-refractivity contribution in [3.8, 4) is 0 Å². The second-order valence-electron chi connectivity index (χ2n) is 4.55. The highest BCUT2D eigenvalue weighted by atomic mass is 32.2. The van der Waals surface area contributed by atoms with E-state index >= 15 is 0 Å². The third-order valence-corrected chi connectivity index (χ3v) is 5.50. The van der Waals surface area contributed by atoms with Crippen molar-refractivity contribution in [2.75, 3.05) is 12.8 Å². The molecule has 7 heteroatoms. The Labute approximate surface area is 130 Å². The monoisotopic (exact) mass is 332 g/mol. The fourth-order valence-electron chi connectivity index (χ4n) is 1.57. The van der Waals surface area contributed by atoms with Gasteiger partial charge in [-0.1, -0.05) is 43.4 Å². The zero-order chi connectivity index (χ0) is 15.2. The number of hydrogen-bond donors (Lipinski definition) is 2. The first-order valence-corrected chi connectivity index (χ1v) is 9.58. The van der Waals surface area contributed by atoms with Gasteiger partial charge in [0.15, 0.2) is 0 Å². The lowest BCUT2D eigenvalue weighted by atomic mass is 10.1. The highest BCUT2D eigenvalue weighted by Crippen LogP contribution is 2.10. The summed E-state index contributed by atoms with van der Waals surface area (Å²) >= 11 is 6.58.